The fourth-order valence-electron chi connectivity index (χ4n) is 1.66. The zero-order valence-electron chi connectivity index (χ0n) is 8.53. The van der Waals surface area contributed by atoms with Gasteiger partial charge in [-0.05, 0) is 6.92 Å². The minimum Gasteiger partial charge on any atom is -0.480 e. The first-order valence-electron chi connectivity index (χ1n) is 4.56. The molecule has 0 bridgehead atoms. The van der Waals surface area contributed by atoms with Gasteiger partial charge in [-0.25, -0.2) is 14.4 Å². The van der Waals surface area contributed by atoms with Gasteiger partial charge < -0.3 is 20.2 Å². The minimum atomic E-state index is -1.36. The molecule has 16 heavy (non-hydrogen) atoms. The Hall–Kier alpha value is -1.99. The SMILES string of the molecule is C[C@@H]1CN(C(=O)O)[C@@H](C(=O)O)CN1C(=O)O. The standard InChI is InChI=1S/C8H12N2O6/c1-4-2-10(8(15)16)5(6(11)12)3-9(4)7(13)14/h4-5H,2-3H2,1H3,(H,11,12)(H,13,14)(H,15,16)/t4-,5-/m1/s1. The summed E-state index contributed by atoms with van der Waals surface area (Å²) < 4.78 is 0. The Labute approximate surface area is 90.7 Å². The van der Waals surface area contributed by atoms with Crippen molar-refractivity contribution in [2.75, 3.05) is 13.1 Å². The highest BCUT2D eigenvalue weighted by atomic mass is 16.4. The summed E-state index contributed by atoms with van der Waals surface area (Å²) >= 11 is 0. The van der Waals surface area contributed by atoms with Crippen LogP contribution in [0.4, 0.5) is 9.59 Å². The summed E-state index contributed by atoms with van der Waals surface area (Å²) in [4.78, 5) is 34.1. The maximum atomic E-state index is 10.8. The second-order valence-electron chi connectivity index (χ2n) is 3.57. The molecule has 1 saturated heterocycles. The van der Waals surface area contributed by atoms with Crippen molar-refractivity contribution < 1.29 is 29.7 Å². The summed E-state index contributed by atoms with van der Waals surface area (Å²) in [6.45, 7) is 1.04. The molecule has 90 valence electrons. The predicted molar refractivity (Wildman–Crippen MR) is 50.3 cm³/mol. The summed E-state index contributed by atoms with van der Waals surface area (Å²) in [5.74, 6) is -1.35. The minimum absolute atomic E-state index is 0.140. The van der Waals surface area contributed by atoms with Crippen LogP contribution in [0.1, 0.15) is 6.92 Å². The van der Waals surface area contributed by atoms with Crippen LogP contribution < -0.4 is 0 Å². The van der Waals surface area contributed by atoms with Crippen molar-refractivity contribution in [1.82, 2.24) is 9.80 Å². The Morgan fingerprint density at radius 2 is 1.50 bits per heavy atom. The van der Waals surface area contributed by atoms with Crippen molar-refractivity contribution >= 4 is 18.2 Å². The number of nitrogens with zero attached hydrogens (tertiary/aromatic N) is 2. The quantitative estimate of drug-likeness (QED) is 0.576. The Balaban J connectivity index is 2.90. The zero-order chi connectivity index (χ0) is 12.5. The van der Waals surface area contributed by atoms with Gasteiger partial charge in [0.2, 0.25) is 0 Å². The Morgan fingerprint density at radius 1 is 1.00 bits per heavy atom. The van der Waals surface area contributed by atoms with Crippen molar-refractivity contribution in [3.05, 3.63) is 0 Å². The highest BCUT2D eigenvalue weighted by Crippen LogP contribution is 2.15. The van der Waals surface area contributed by atoms with E-state index < -0.39 is 30.2 Å². The van der Waals surface area contributed by atoms with Crippen LogP contribution >= 0.6 is 0 Å². The molecule has 0 aromatic heterocycles. The molecule has 3 N–H and O–H groups in total. The number of carbonyl (C=O) groups is 3. The van der Waals surface area contributed by atoms with E-state index >= 15 is 0 Å². The first kappa shape index (κ1) is 12.1. The second-order valence-corrected chi connectivity index (χ2v) is 3.57. The van der Waals surface area contributed by atoms with E-state index in [0.717, 1.165) is 9.80 Å². The number of aliphatic carboxylic acids is 1. The van der Waals surface area contributed by atoms with Crippen LogP contribution in [0, 0.1) is 0 Å². The van der Waals surface area contributed by atoms with E-state index in [2.05, 4.69) is 0 Å². The molecule has 1 aliphatic rings. The molecule has 1 rings (SSSR count). The first-order valence-corrected chi connectivity index (χ1v) is 4.56. The van der Waals surface area contributed by atoms with E-state index in [1.807, 2.05) is 0 Å². The number of carboxylic acid groups (broad SMARTS) is 3. The zero-order valence-corrected chi connectivity index (χ0v) is 8.53. The summed E-state index contributed by atoms with van der Waals surface area (Å²) in [6.07, 6.45) is -2.60. The van der Waals surface area contributed by atoms with Gasteiger partial charge in [0.05, 0.1) is 12.6 Å². The summed E-state index contributed by atoms with van der Waals surface area (Å²) in [7, 11) is 0. The van der Waals surface area contributed by atoms with Crippen molar-refractivity contribution in [2.45, 2.75) is 19.0 Å². The molecule has 0 aromatic carbocycles. The molecular weight excluding hydrogens is 220 g/mol. The number of hydrogen-bond donors (Lipinski definition) is 3. The van der Waals surface area contributed by atoms with Crippen LogP contribution in [0.15, 0.2) is 0 Å². The van der Waals surface area contributed by atoms with Crippen LogP contribution in [-0.4, -0.2) is 68.4 Å². The molecule has 8 heteroatoms. The maximum absolute atomic E-state index is 10.8. The van der Waals surface area contributed by atoms with E-state index in [-0.39, 0.29) is 13.1 Å². The molecule has 1 heterocycles. The lowest BCUT2D eigenvalue weighted by atomic mass is 10.1. The first-order chi connectivity index (χ1) is 7.34. The molecule has 0 saturated carbocycles. The van der Waals surface area contributed by atoms with Crippen LogP contribution in [0.2, 0.25) is 0 Å². The second kappa shape index (κ2) is 4.25. The topological polar surface area (TPSA) is 118 Å². The van der Waals surface area contributed by atoms with Gasteiger partial charge >= 0.3 is 18.2 Å². The van der Waals surface area contributed by atoms with Crippen molar-refractivity contribution in [3.63, 3.8) is 0 Å². The van der Waals surface area contributed by atoms with E-state index in [9.17, 15) is 14.4 Å². The molecule has 2 amide bonds. The van der Waals surface area contributed by atoms with E-state index in [0.29, 0.717) is 0 Å². The monoisotopic (exact) mass is 232 g/mol. The average molecular weight is 232 g/mol. The van der Waals surface area contributed by atoms with Crippen LogP contribution in [0.3, 0.4) is 0 Å². The largest absolute Gasteiger partial charge is 0.480 e. The van der Waals surface area contributed by atoms with Gasteiger partial charge in [0.15, 0.2) is 6.04 Å². The summed E-state index contributed by atoms with van der Waals surface area (Å²) in [5.41, 5.74) is 0. The third-order valence-electron chi connectivity index (χ3n) is 2.52. The smallest absolute Gasteiger partial charge is 0.408 e. The van der Waals surface area contributed by atoms with Crippen molar-refractivity contribution in [1.29, 1.82) is 0 Å². The van der Waals surface area contributed by atoms with Crippen molar-refractivity contribution in [3.8, 4) is 0 Å². The highest BCUT2D eigenvalue weighted by molar-refractivity contribution is 5.81. The molecule has 0 unspecified atom stereocenters. The molecule has 1 aliphatic heterocycles. The predicted octanol–water partition coefficient (Wildman–Crippen LogP) is -0.198. The Kier molecular flexibility index (Phi) is 3.21. The molecule has 0 aromatic rings. The molecule has 0 spiro atoms. The number of carboxylic acids is 1. The van der Waals surface area contributed by atoms with E-state index in [1.165, 1.54) is 6.92 Å². The molecule has 2 atom stereocenters. The van der Waals surface area contributed by atoms with Crippen LogP contribution in [0.5, 0.6) is 0 Å². The average Bonchev–Trinajstić information content (AvgIpc) is 2.15. The fourth-order valence-corrected chi connectivity index (χ4v) is 1.66. The fraction of sp³-hybridized carbons (Fsp3) is 0.625. The summed E-state index contributed by atoms with van der Waals surface area (Å²) in [6, 6.07) is -1.89. The number of piperazine rings is 1. The van der Waals surface area contributed by atoms with Gasteiger partial charge in [-0.15, -0.1) is 0 Å². The normalized spacial score (nSPS) is 25.3. The van der Waals surface area contributed by atoms with Crippen LogP contribution in [-0.2, 0) is 4.79 Å². The number of rotatable bonds is 1. The van der Waals surface area contributed by atoms with Gasteiger partial charge in [-0.1, -0.05) is 0 Å². The molecule has 0 radical (unpaired) electrons. The van der Waals surface area contributed by atoms with Gasteiger partial charge in [0, 0.05) is 6.54 Å². The van der Waals surface area contributed by atoms with Gasteiger partial charge in [0.25, 0.3) is 0 Å². The molecule has 1 fully saturated rings. The van der Waals surface area contributed by atoms with Crippen LogP contribution in [0.25, 0.3) is 0 Å². The van der Waals surface area contributed by atoms with Gasteiger partial charge in [-0.2, -0.15) is 0 Å². The lowest BCUT2D eigenvalue weighted by Crippen LogP contribution is -2.62. The maximum Gasteiger partial charge on any atom is 0.408 e. The van der Waals surface area contributed by atoms with Gasteiger partial charge in [-0.3, -0.25) is 4.90 Å². The molecule has 0 aliphatic carbocycles. The van der Waals surface area contributed by atoms with E-state index in [4.69, 9.17) is 15.3 Å². The lowest BCUT2D eigenvalue weighted by molar-refractivity contribution is -0.145. The third kappa shape index (κ3) is 2.15. The Bertz CT molecular complexity index is 330. The molecule has 8 nitrogen and oxygen atoms in total. The molecular formula is C8H12N2O6. The Morgan fingerprint density at radius 3 is 1.88 bits per heavy atom. The van der Waals surface area contributed by atoms with E-state index in [1.54, 1.807) is 0 Å². The lowest BCUT2D eigenvalue weighted by Gasteiger charge is -2.40. The number of hydrogen-bond acceptors (Lipinski definition) is 3. The highest BCUT2D eigenvalue weighted by Gasteiger charge is 2.40. The third-order valence-corrected chi connectivity index (χ3v) is 2.52. The van der Waals surface area contributed by atoms with Crippen molar-refractivity contribution in [2.24, 2.45) is 0 Å². The van der Waals surface area contributed by atoms with Gasteiger partial charge in [0.1, 0.15) is 0 Å². The summed E-state index contributed by atoms with van der Waals surface area (Å²) in [5, 5.41) is 26.4. The number of amides is 2.